The van der Waals surface area contributed by atoms with Crippen molar-refractivity contribution in [2.75, 3.05) is 32.7 Å². The Morgan fingerprint density at radius 3 is 2.33 bits per heavy atom. The predicted molar refractivity (Wildman–Crippen MR) is 57.3 cm³/mol. The molecule has 0 unspecified atom stereocenters. The molecule has 1 heterocycles. The Morgan fingerprint density at radius 2 is 1.87 bits per heavy atom. The Morgan fingerprint density at radius 1 is 1.27 bits per heavy atom. The van der Waals surface area contributed by atoms with Crippen molar-refractivity contribution >= 4 is 10.4 Å². The van der Waals surface area contributed by atoms with Gasteiger partial charge in [-0.25, -0.2) is 0 Å². The summed E-state index contributed by atoms with van der Waals surface area (Å²) in [6.45, 7) is 6.30. The molecular formula is C9H20FN2O2S+. The van der Waals surface area contributed by atoms with Crippen molar-refractivity contribution in [2.24, 2.45) is 0 Å². The van der Waals surface area contributed by atoms with Crippen LogP contribution in [0.3, 0.4) is 0 Å². The van der Waals surface area contributed by atoms with Crippen LogP contribution in [0, 0.1) is 0 Å². The maximum Gasteiger partial charge on any atom is 0.372 e. The van der Waals surface area contributed by atoms with Crippen LogP contribution in [-0.4, -0.2) is 45.6 Å². The second-order valence-electron chi connectivity index (χ2n) is 4.28. The minimum atomic E-state index is -4.52. The highest BCUT2D eigenvalue weighted by Crippen LogP contribution is 2.19. The molecule has 0 aliphatic carbocycles. The van der Waals surface area contributed by atoms with Gasteiger partial charge in [-0.15, -0.1) is 0 Å². The van der Waals surface area contributed by atoms with Crippen LogP contribution < -0.4 is 4.72 Å². The van der Waals surface area contributed by atoms with Crippen molar-refractivity contribution in [1.82, 2.24) is 4.72 Å². The molecule has 4 nitrogen and oxygen atoms in total. The first-order valence-electron chi connectivity index (χ1n) is 5.52. The Balaban J connectivity index is 2.39. The van der Waals surface area contributed by atoms with Crippen LogP contribution in [0.5, 0.6) is 0 Å². The lowest BCUT2D eigenvalue weighted by Gasteiger charge is -2.33. The molecule has 1 aliphatic rings. The van der Waals surface area contributed by atoms with E-state index in [2.05, 4.69) is 6.92 Å². The van der Waals surface area contributed by atoms with Crippen LogP contribution in [0.15, 0.2) is 0 Å². The molecule has 0 aromatic rings. The van der Waals surface area contributed by atoms with Crippen LogP contribution >= 0.6 is 0 Å². The molecule has 0 spiro atoms. The van der Waals surface area contributed by atoms with Gasteiger partial charge in [-0.1, -0.05) is 10.8 Å². The smallest absolute Gasteiger partial charge is 0.323 e. The molecule has 90 valence electrons. The van der Waals surface area contributed by atoms with Gasteiger partial charge in [0.05, 0.1) is 32.7 Å². The van der Waals surface area contributed by atoms with E-state index in [-0.39, 0.29) is 6.54 Å². The fraction of sp³-hybridized carbons (Fsp3) is 1.00. The highest BCUT2D eigenvalue weighted by Gasteiger charge is 2.30. The maximum atomic E-state index is 12.2. The molecule has 0 radical (unpaired) electrons. The standard InChI is InChI=1S/C9H20FN2O2S/c1-2-6-12(7-3-4-8-12)9-5-11-15(10,13)14/h11H,2-9H2,1H3/q+1. The molecule has 1 fully saturated rings. The normalized spacial score (nSPS) is 20.7. The van der Waals surface area contributed by atoms with Crippen molar-refractivity contribution in [3.63, 3.8) is 0 Å². The number of nitrogens with zero attached hydrogens (tertiary/aromatic N) is 1. The van der Waals surface area contributed by atoms with Crippen molar-refractivity contribution in [1.29, 1.82) is 0 Å². The summed E-state index contributed by atoms with van der Waals surface area (Å²) in [5.41, 5.74) is 0. The van der Waals surface area contributed by atoms with Crippen molar-refractivity contribution < 1.29 is 16.8 Å². The Kier molecular flexibility index (Phi) is 4.48. The summed E-state index contributed by atoms with van der Waals surface area (Å²) >= 11 is 0. The Labute approximate surface area is 91.4 Å². The Bertz CT molecular complexity index is 286. The fourth-order valence-corrected chi connectivity index (χ4v) is 2.78. The van der Waals surface area contributed by atoms with Crippen LogP contribution in [0.4, 0.5) is 3.89 Å². The highest BCUT2D eigenvalue weighted by molar-refractivity contribution is 7.84. The molecule has 6 heteroatoms. The van der Waals surface area contributed by atoms with E-state index in [1.807, 2.05) is 4.72 Å². The van der Waals surface area contributed by atoms with E-state index < -0.39 is 10.4 Å². The van der Waals surface area contributed by atoms with Crippen molar-refractivity contribution in [3.8, 4) is 0 Å². The molecule has 15 heavy (non-hydrogen) atoms. The van der Waals surface area contributed by atoms with Gasteiger partial charge in [0, 0.05) is 12.8 Å². The summed E-state index contributed by atoms with van der Waals surface area (Å²) in [4.78, 5) is 0. The van der Waals surface area contributed by atoms with E-state index in [0.717, 1.165) is 30.5 Å². The van der Waals surface area contributed by atoms with Gasteiger partial charge in [-0.05, 0) is 6.42 Å². The minimum absolute atomic E-state index is 0.207. The van der Waals surface area contributed by atoms with Gasteiger partial charge in [0.15, 0.2) is 0 Å². The first-order chi connectivity index (χ1) is 6.97. The number of nitrogens with one attached hydrogen (secondary N) is 1. The molecule has 1 N–H and O–H groups in total. The van der Waals surface area contributed by atoms with Gasteiger partial charge in [0.25, 0.3) is 0 Å². The molecule has 1 saturated heterocycles. The van der Waals surface area contributed by atoms with E-state index in [1.165, 1.54) is 12.8 Å². The first kappa shape index (κ1) is 12.9. The van der Waals surface area contributed by atoms with E-state index >= 15 is 0 Å². The highest BCUT2D eigenvalue weighted by atomic mass is 32.3. The monoisotopic (exact) mass is 239 g/mol. The number of halogens is 1. The zero-order valence-electron chi connectivity index (χ0n) is 9.21. The predicted octanol–water partition coefficient (Wildman–Crippen LogP) is 0.811. The van der Waals surface area contributed by atoms with E-state index in [4.69, 9.17) is 0 Å². The van der Waals surface area contributed by atoms with Gasteiger partial charge in [-0.3, -0.25) is 0 Å². The van der Waals surface area contributed by atoms with Crippen molar-refractivity contribution in [3.05, 3.63) is 0 Å². The van der Waals surface area contributed by atoms with Crippen molar-refractivity contribution in [2.45, 2.75) is 26.2 Å². The zero-order valence-corrected chi connectivity index (χ0v) is 10.0. The molecule has 1 rings (SSSR count). The van der Waals surface area contributed by atoms with Gasteiger partial charge in [0.2, 0.25) is 0 Å². The van der Waals surface area contributed by atoms with Crippen LogP contribution in [0.25, 0.3) is 0 Å². The second-order valence-corrected chi connectivity index (χ2v) is 5.44. The molecule has 0 saturated carbocycles. The summed E-state index contributed by atoms with van der Waals surface area (Å²) in [7, 11) is -4.52. The summed E-state index contributed by atoms with van der Waals surface area (Å²) in [5.74, 6) is 0. The summed E-state index contributed by atoms with van der Waals surface area (Å²) < 4.78 is 35.7. The lowest BCUT2D eigenvalue weighted by atomic mass is 10.3. The lowest BCUT2D eigenvalue weighted by molar-refractivity contribution is -0.915. The molecule has 0 aromatic heterocycles. The molecule has 0 amide bonds. The molecule has 0 atom stereocenters. The van der Waals surface area contributed by atoms with Crippen LogP contribution in [0.2, 0.25) is 0 Å². The summed E-state index contributed by atoms with van der Waals surface area (Å²) in [6, 6.07) is 0. The van der Waals surface area contributed by atoms with Gasteiger partial charge in [0.1, 0.15) is 0 Å². The third-order valence-electron chi connectivity index (χ3n) is 3.07. The van der Waals surface area contributed by atoms with Crippen LogP contribution in [0.1, 0.15) is 26.2 Å². The van der Waals surface area contributed by atoms with Gasteiger partial charge >= 0.3 is 10.4 Å². The van der Waals surface area contributed by atoms with E-state index in [9.17, 15) is 12.3 Å². The fourth-order valence-electron chi connectivity index (χ4n) is 2.44. The number of hydrogen-bond donors (Lipinski definition) is 1. The SMILES string of the molecule is CCC[N+]1(CCNS(=O)(=O)F)CCCC1. The lowest BCUT2D eigenvalue weighted by Crippen LogP contribution is -2.49. The average molecular weight is 239 g/mol. The third kappa shape index (κ3) is 4.44. The minimum Gasteiger partial charge on any atom is -0.323 e. The van der Waals surface area contributed by atoms with Gasteiger partial charge < -0.3 is 4.48 Å². The average Bonchev–Trinajstić information content (AvgIpc) is 2.52. The summed E-state index contributed by atoms with van der Waals surface area (Å²) in [5, 5.41) is 0. The number of rotatable bonds is 6. The van der Waals surface area contributed by atoms with E-state index in [0.29, 0.717) is 6.54 Å². The number of hydrogen-bond acceptors (Lipinski definition) is 2. The Hall–Kier alpha value is -0.200. The topological polar surface area (TPSA) is 46.2 Å². The maximum absolute atomic E-state index is 12.2. The third-order valence-corrected chi connectivity index (χ3v) is 3.62. The number of quaternary nitrogens is 1. The largest absolute Gasteiger partial charge is 0.372 e. The second kappa shape index (κ2) is 5.23. The molecular weight excluding hydrogens is 219 g/mol. The molecule has 0 aromatic carbocycles. The van der Waals surface area contributed by atoms with Gasteiger partial charge in [-0.2, -0.15) is 13.1 Å². The molecule has 0 bridgehead atoms. The molecule has 1 aliphatic heterocycles. The summed E-state index contributed by atoms with van der Waals surface area (Å²) in [6.07, 6.45) is 3.48. The van der Waals surface area contributed by atoms with Crippen LogP contribution in [-0.2, 0) is 10.4 Å². The first-order valence-corrected chi connectivity index (χ1v) is 6.90. The zero-order chi connectivity index (χ0) is 11.4. The van der Waals surface area contributed by atoms with E-state index in [1.54, 1.807) is 0 Å². The number of likely N-dealkylation sites (tertiary alicyclic amines) is 1. The quantitative estimate of drug-likeness (QED) is 0.551.